The zero-order chi connectivity index (χ0) is 23.4. The molecule has 0 saturated carbocycles. The third-order valence-corrected chi connectivity index (χ3v) is 6.11. The van der Waals surface area contributed by atoms with Crippen LogP contribution in [0.5, 0.6) is 0 Å². The molecule has 10 heteroatoms. The number of nitro groups is 1. The average molecular weight is 463 g/mol. The third-order valence-electron chi connectivity index (χ3n) is 5.14. The van der Waals surface area contributed by atoms with Crippen molar-refractivity contribution in [2.24, 2.45) is 0 Å². The van der Waals surface area contributed by atoms with Crippen LogP contribution in [-0.4, -0.2) is 36.3 Å². The Morgan fingerprint density at radius 1 is 1.27 bits per heavy atom. The normalized spacial score (nSPS) is 10.9. The van der Waals surface area contributed by atoms with Gasteiger partial charge < -0.3 is 14.9 Å². The molecule has 2 N–H and O–H groups in total. The molecule has 0 fully saturated rings. The van der Waals surface area contributed by atoms with Crippen molar-refractivity contribution in [1.29, 1.82) is 0 Å². The summed E-state index contributed by atoms with van der Waals surface area (Å²) in [4.78, 5) is 26.2. The largest absolute Gasteiger partial charge is 0.358 e. The third kappa shape index (κ3) is 4.96. The van der Waals surface area contributed by atoms with Gasteiger partial charge in [0, 0.05) is 47.4 Å². The summed E-state index contributed by atoms with van der Waals surface area (Å²) in [6.45, 7) is 6.38. The number of non-ortho nitro benzene ring substituents is 1. The second kappa shape index (κ2) is 9.70. The number of aromatic amines is 1. The first-order valence-corrected chi connectivity index (χ1v) is 11.2. The van der Waals surface area contributed by atoms with E-state index in [0.717, 1.165) is 28.0 Å². The molecule has 0 spiro atoms. The first kappa shape index (κ1) is 22.3. The second-order valence-electron chi connectivity index (χ2n) is 7.39. The fourth-order valence-electron chi connectivity index (χ4n) is 3.61. The van der Waals surface area contributed by atoms with E-state index >= 15 is 0 Å². The van der Waals surface area contributed by atoms with Crippen molar-refractivity contribution in [2.75, 3.05) is 11.1 Å². The molecule has 2 aromatic heterocycles. The number of aromatic nitrogens is 4. The number of para-hydroxylation sites is 1. The Labute approximate surface area is 194 Å². The number of nitrogens with zero attached hydrogens (tertiary/aromatic N) is 4. The highest BCUT2D eigenvalue weighted by Gasteiger charge is 2.17. The molecular weight excluding hydrogens is 440 g/mol. The SMILES string of the molecule is C=CCn1c(Cc2c(C)[nH]c3ccccc23)nnc1SCC(=O)Nc1cccc([N+](=O)[O-])c1. The van der Waals surface area contributed by atoms with Gasteiger partial charge in [0.2, 0.25) is 5.91 Å². The van der Waals surface area contributed by atoms with Gasteiger partial charge >= 0.3 is 0 Å². The van der Waals surface area contributed by atoms with E-state index in [1.807, 2.05) is 29.7 Å². The lowest BCUT2D eigenvalue weighted by Crippen LogP contribution is -2.15. The van der Waals surface area contributed by atoms with Crippen molar-refractivity contribution < 1.29 is 9.72 Å². The van der Waals surface area contributed by atoms with Gasteiger partial charge in [-0.2, -0.15) is 0 Å². The summed E-state index contributed by atoms with van der Waals surface area (Å²) in [5, 5.41) is 24.0. The Hall–Kier alpha value is -3.92. The molecule has 0 bridgehead atoms. The van der Waals surface area contributed by atoms with Gasteiger partial charge in [-0.05, 0) is 24.6 Å². The highest BCUT2D eigenvalue weighted by Crippen LogP contribution is 2.26. The Morgan fingerprint density at radius 3 is 2.88 bits per heavy atom. The maximum absolute atomic E-state index is 12.4. The minimum Gasteiger partial charge on any atom is -0.358 e. The Bertz CT molecular complexity index is 1340. The summed E-state index contributed by atoms with van der Waals surface area (Å²) in [6.07, 6.45) is 2.36. The Kier molecular flexibility index (Phi) is 6.55. The highest BCUT2D eigenvalue weighted by molar-refractivity contribution is 7.99. The number of fused-ring (bicyclic) bond motifs is 1. The van der Waals surface area contributed by atoms with Crippen LogP contribution in [-0.2, 0) is 17.8 Å². The number of anilines is 1. The van der Waals surface area contributed by atoms with Gasteiger partial charge in [0.1, 0.15) is 5.82 Å². The van der Waals surface area contributed by atoms with E-state index in [1.165, 1.54) is 30.0 Å². The van der Waals surface area contributed by atoms with E-state index in [0.29, 0.717) is 23.8 Å². The number of hydrogen-bond donors (Lipinski definition) is 2. The number of amides is 1. The van der Waals surface area contributed by atoms with Crippen molar-refractivity contribution in [1.82, 2.24) is 19.7 Å². The van der Waals surface area contributed by atoms with Crippen LogP contribution < -0.4 is 5.32 Å². The quantitative estimate of drug-likeness (QED) is 0.164. The van der Waals surface area contributed by atoms with Crippen LogP contribution in [0.1, 0.15) is 17.1 Å². The zero-order valence-electron chi connectivity index (χ0n) is 17.9. The summed E-state index contributed by atoms with van der Waals surface area (Å²) in [5.74, 6) is 0.580. The molecule has 4 aromatic rings. The van der Waals surface area contributed by atoms with Gasteiger partial charge in [0.15, 0.2) is 5.16 Å². The van der Waals surface area contributed by atoms with Gasteiger partial charge in [0.05, 0.1) is 10.7 Å². The summed E-state index contributed by atoms with van der Waals surface area (Å²) >= 11 is 1.25. The van der Waals surface area contributed by atoms with Crippen LogP contribution in [0, 0.1) is 17.0 Å². The molecule has 9 nitrogen and oxygen atoms in total. The second-order valence-corrected chi connectivity index (χ2v) is 8.34. The van der Waals surface area contributed by atoms with E-state index in [2.05, 4.69) is 33.1 Å². The predicted molar refractivity (Wildman–Crippen MR) is 129 cm³/mol. The van der Waals surface area contributed by atoms with Crippen LogP contribution in [0.4, 0.5) is 11.4 Å². The summed E-state index contributed by atoms with van der Waals surface area (Å²) < 4.78 is 1.94. The van der Waals surface area contributed by atoms with Gasteiger partial charge in [-0.15, -0.1) is 16.8 Å². The standard InChI is InChI=1S/C23H22N6O3S/c1-3-11-28-21(13-19-15(2)24-20-10-5-4-9-18(19)20)26-27-23(28)33-14-22(30)25-16-7-6-8-17(12-16)29(31)32/h3-10,12,24H,1,11,13-14H2,2H3,(H,25,30). The summed E-state index contributed by atoms with van der Waals surface area (Å²) in [6, 6.07) is 14.0. The molecule has 168 valence electrons. The van der Waals surface area contributed by atoms with Gasteiger partial charge in [0.25, 0.3) is 5.69 Å². The topological polar surface area (TPSA) is 119 Å². The van der Waals surface area contributed by atoms with Crippen LogP contribution >= 0.6 is 11.8 Å². The smallest absolute Gasteiger partial charge is 0.271 e. The number of thioether (sulfide) groups is 1. The zero-order valence-corrected chi connectivity index (χ0v) is 18.8. The lowest BCUT2D eigenvalue weighted by molar-refractivity contribution is -0.384. The molecule has 0 saturated heterocycles. The predicted octanol–water partition coefficient (Wildman–Crippen LogP) is 4.48. The molecule has 2 heterocycles. The van der Waals surface area contributed by atoms with E-state index in [9.17, 15) is 14.9 Å². The van der Waals surface area contributed by atoms with Crippen molar-refractivity contribution >= 4 is 39.9 Å². The summed E-state index contributed by atoms with van der Waals surface area (Å²) in [5.41, 5.74) is 3.60. The first-order chi connectivity index (χ1) is 16.0. The lowest BCUT2D eigenvalue weighted by Gasteiger charge is -2.08. The van der Waals surface area contributed by atoms with Crippen LogP contribution in [0.25, 0.3) is 10.9 Å². The lowest BCUT2D eigenvalue weighted by atomic mass is 10.1. The number of nitro benzene ring substituents is 1. The van der Waals surface area contributed by atoms with Crippen molar-refractivity contribution in [3.05, 3.63) is 88.4 Å². The van der Waals surface area contributed by atoms with E-state index in [-0.39, 0.29) is 17.3 Å². The van der Waals surface area contributed by atoms with E-state index in [4.69, 9.17) is 0 Å². The van der Waals surface area contributed by atoms with E-state index in [1.54, 1.807) is 12.1 Å². The molecule has 0 aliphatic heterocycles. The molecule has 0 aliphatic carbocycles. The number of nitrogens with one attached hydrogen (secondary N) is 2. The molecule has 33 heavy (non-hydrogen) atoms. The molecule has 0 unspecified atom stereocenters. The van der Waals surface area contributed by atoms with Gasteiger partial charge in [-0.25, -0.2) is 0 Å². The van der Waals surface area contributed by atoms with Crippen LogP contribution in [0.2, 0.25) is 0 Å². The number of carbonyl (C=O) groups excluding carboxylic acids is 1. The molecule has 1 amide bonds. The summed E-state index contributed by atoms with van der Waals surface area (Å²) in [7, 11) is 0. The number of carbonyl (C=O) groups is 1. The fourth-order valence-corrected chi connectivity index (χ4v) is 4.38. The molecular formula is C23H22N6O3S. The minimum absolute atomic E-state index is 0.0802. The highest BCUT2D eigenvalue weighted by atomic mass is 32.2. The Balaban J connectivity index is 1.48. The molecule has 0 aliphatic rings. The van der Waals surface area contributed by atoms with Gasteiger partial charge in [-0.1, -0.05) is 42.1 Å². The van der Waals surface area contributed by atoms with Crippen LogP contribution in [0.3, 0.4) is 0 Å². The number of rotatable bonds is 9. The van der Waals surface area contributed by atoms with Gasteiger partial charge in [-0.3, -0.25) is 14.9 Å². The monoisotopic (exact) mass is 462 g/mol. The number of allylic oxidation sites excluding steroid dienone is 1. The maximum Gasteiger partial charge on any atom is 0.271 e. The first-order valence-electron chi connectivity index (χ1n) is 10.2. The number of aryl methyl sites for hydroxylation is 1. The molecule has 4 rings (SSSR count). The molecule has 2 aromatic carbocycles. The average Bonchev–Trinajstić information content (AvgIpc) is 3.33. The molecule has 0 atom stereocenters. The van der Waals surface area contributed by atoms with Crippen molar-refractivity contribution in [3.8, 4) is 0 Å². The van der Waals surface area contributed by atoms with Crippen molar-refractivity contribution in [2.45, 2.75) is 25.0 Å². The Morgan fingerprint density at radius 2 is 2.09 bits per heavy atom. The maximum atomic E-state index is 12.4. The number of benzene rings is 2. The minimum atomic E-state index is -0.501. The molecule has 0 radical (unpaired) electrons. The van der Waals surface area contributed by atoms with E-state index < -0.39 is 4.92 Å². The number of H-pyrrole nitrogens is 1. The van der Waals surface area contributed by atoms with Crippen molar-refractivity contribution in [3.63, 3.8) is 0 Å². The fraction of sp³-hybridized carbons (Fsp3) is 0.174. The number of hydrogen-bond acceptors (Lipinski definition) is 6. The van der Waals surface area contributed by atoms with Crippen LogP contribution in [0.15, 0.2) is 66.3 Å².